The van der Waals surface area contributed by atoms with Crippen LogP contribution in [0.4, 0.5) is 11.4 Å². The summed E-state index contributed by atoms with van der Waals surface area (Å²) < 4.78 is 30.8. The third kappa shape index (κ3) is 8.99. The van der Waals surface area contributed by atoms with Crippen LogP contribution in [0.25, 0.3) is 0 Å². The number of fused-ring (bicyclic) bond motifs is 1. The normalized spacial score (nSPS) is 15.5. The average Bonchev–Trinajstić information content (AvgIpc) is 2.87. The van der Waals surface area contributed by atoms with E-state index >= 15 is 0 Å². The number of aliphatic hydroxyl groups is 1. The van der Waals surface area contributed by atoms with Crippen LogP contribution >= 0.6 is 0 Å². The molecule has 14 heteroatoms. The number of likely N-dealkylation sites (N-methyl/N-ethyl adjacent to an activating group) is 1. The van der Waals surface area contributed by atoms with E-state index in [0.29, 0.717) is 30.8 Å². The monoisotopic (exact) mass is 591 g/mol. The molecule has 0 aromatic heterocycles. The van der Waals surface area contributed by atoms with Crippen LogP contribution in [0.2, 0.25) is 0 Å². The fraction of sp³-hybridized carbons (Fsp3) is 0.407. The Bertz CT molecular complexity index is 1400. The molecule has 0 radical (unpaired) electrons. The predicted molar refractivity (Wildman–Crippen MR) is 148 cm³/mol. The molecule has 1 aliphatic heterocycles. The third-order valence-electron chi connectivity index (χ3n) is 6.58. The van der Waals surface area contributed by atoms with Gasteiger partial charge in [-0.05, 0) is 49.2 Å². The van der Waals surface area contributed by atoms with E-state index < -0.39 is 52.6 Å². The van der Waals surface area contributed by atoms with Gasteiger partial charge in [0.1, 0.15) is 0 Å². The molecule has 0 bridgehead atoms. The maximum absolute atomic E-state index is 12.9. The number of carbonyl (C=O) groups is 4. The van der Waals surface area contributed by atoms with E-state index in [4.69, 9.17) is 9.84 Å². The molecule has 1 amide bonds. The van der Waals surface area contributed by atoms with Crippen LogP contribution < -0.4 is 9.62 Å². The Morgan fingerprint density at radius 1 is 1.07 bits per heavy atom. The van der Waals surface area contributed by atoms with E-state index in [1.807, 2.05) is 12.1 Å². The molecule has 41 heavy (non-hydrogen) atoms. The zero-order valence-corrected chi connectivity index (χ0v) is 23.5. The summed E-state index contributed by atoms with van der Waals surface area (Å²) in [6.45, 7) is 0.207. The van der Waals surface area contributed by atoms with Gasteiger partial charge in [-0.3, -0.25) is 24.0 Å². The first-order valence-electron chi connectivity index (χ1n) is 12.7. The number of hydrogen-bond donors (Lipinski definition) is 4. The van der Waals surface area contributed by atoms with E-state index in [9.17, 15) is 37.8 Å². The first-order chi connectivity index (χ1) is 19.2. The van der Waals surface area contributed by atoms with Crippen LogP contribution in [0.15, 0.2) is 48.5 Å². The predicted octanol–water partition coefficient (Wildman–Crippen LogP) is 1.06. The Morgan fingerprint density at radius 2 is 1.73 bits per heavy atom. The largest absolute Gasteiger partial charge is 0.481 e. The lowest BCUT2D eigenvalue weighted by molar-refractivity contribution is -0.176. The molecular weight excluding hydrogens is 558 g/mol. The number of aliphatic carboxylic acids is 2. The first-order valence-corrected chi connectivity index (χ1v) is 14.6. The number of nitrogens with zero attached hydrogens (tertiary/aromatic N) is 2. The number of amides is 1. The Morgan fingerprint density at radius 3 is 2.34 bits per heavy atom. The van der Waals surface area contributed by atoms with Gasteiger partial charge in [-0.1, -0.05) is 30.3 Å². The summed E-state index contributed by atoms with van der Waals surface area (Å²) >= 11 is 0. The van der Waals surface area contributed by atoms with Gasteiger partial charge >= 0.3 is 17.9 Å². The average molecular weight is 592 g/mol. The molecule has 2 aromatic carbocycles. The quantitative estimate of drug-likeness (QED) is 0.181. The lowest BCUT2D eigenvalue weighted by atomic mass is 9.96. The van der Waals surface area contributed by atoms with Gasteiger partial charge in [-0.2, -0.15) is 0 Å². The van der Waals surface area contributed by atoms with Crippen molar-refractivity contribution in [2.45, 2.75) is 43.9 Å². The molecule has 222 valence electrons. The lowest BCUT2D eigenvalue weighted by Crippen LogP contribution is -2.50. The van der Waals surface area contributed by atoms with Gasteiger partial charge in [0.25, 0.3) is 0 Å². The summed E-state index contributed by atoms with van der Waals surface area (Å²) in [6, 6.07) is 13.9. The van der Waals surface area contributed by atoms with Crippen molar-refractivity contribution in [2.24, 2.45) is 0 Å². The number of rotatable bonds is 14. The van der Waals surface area contributed by atoms with Gasteiger partial charge in [0.15, 0.2) is 11.8 Å². The number of ether oxygens (including phenoxy) is 1. The van der Waals surface area contributed by atoms with E-state index in [1.165, 1.54) is 4.90 Å². The molecule has 0 spiro atoms. The number of sulfonamides is 1. The molecule has 3 rings (SSSR count). The number of esters is 1. The highest BCUT2D eigenvalue weighted by Gasteiger charge is 2.42. The minimum atomic E-state index is -3.43. The van der Waals surface area contributed by atoms with Crippen LogP contribution in [-0.2, 0) is 46.8 Å². The van der Waals surface area contributed by atoms with Crippen LogP contribution in [0, 0.1) is 0 Å². The molecule has 1 heterocycles. The molecule has 0 saturated carbocycles. The van der Waals surface area contributed by atoms with Gasteiger partial charge in [0.05, 0.1) is 25.6 Å². The van der Waals surface area contributed by atoms with Crippen molar-refractivity contribution in [3.05, 3.63) is 59.7 Å². The van der Waals surface area contributed by atoms with Crippen molar-refractivity contribution in [1.82, 2.24) is 4.90 Å². The highest BCUT2D eigenvalue weighted by atomic mass is 32.2. The summed E-state index contributed by atoms with van der Waals surface area (Å²) in [6.07, 6.45) is -1.12. The number of benzene rings is 2. The number of carboxylic acids is 2. The maximum atomic E-state index is 12.9. The van der Waals surface area contributed by atoms with Gasteiger partial charge in [-0.15, -0.1) is 0 Å². The zero-order chi connectivity index (χ0) is 30.4. The Labute approximate surface area is 237 Å². The van der Waals surface area contributed by atoms with Crippen LogP contribution in [0.5, 0.6) is 0 Å². The van der Waals surface area contributed by atoms with Gasteiger partial charge in [-0.25, -0.2) is 13.2 Å². The SMILES string of the molecule is CN(CCc1ccc(NS(C)(=O)=O)cc1)C(CN1C(=O)CCc2ccccc21)OC(=O)CC(O)(CC(=O)O)C(=O)O. The second-order valence-electron chi connectivity index (χ2n) is 9.96. The third-order valence-corrected chi connectivity index (χ3v) is 7.18. The standard InChI is InChI=1S/C27H33N3O10S/c1-29(14-13-18-7-10-20(11-8-18)28-41(2,38)39)23(40-25(34)16-27(37,26(35)36)15-24(32)33)17-30-21-6-4-3-5-19(21)9-12-22(30)31/h3-8,10-11,23,28,37H,9,12-17H2,1-2H3,(H,32,33)(H,35,36). The molecule has 2 unspecified atom stereocenters. The smallest absolute Gasteiger partial charge is 0.336 e. The number of carbonyl (C=O) groups excluding carboxylic acids is 2. The molecule has 2 aromatic rings. The summed E-state index contributed by atoms with van der Waals surface area (Å²) in [5.74, 6) is -4.83. The van der Waals surface area contributed by atoms with E-state index in [1.54, 1.807) is 48.3 Å². The highest BCUT2D eigenvalue weighted by Crippen LogP contribution is 2.28. The van der Waals surface area contributed by atoms with E-state index in [2.05, 4.69) is 4.72 Å². The Kier molecular flexibility index (Phi) is 10.1. The lowest BCUT2D eigenvalue weighted by Gasteiger charge is -2.36. The van der Waals surface area contributed by atoms with Crippen LogP contribution in [-0.4, -0.2) is 90.7 Å². The van der Waals surface area contributed by atoms with Gasteiger partial charge in [0, 0.05) is 24.3 Å². The molecule has 2 atom stereocenters. The van der Waals surface area contributed by atoms with Crippen LogP contribution in [0.1, 0.15) is 30.4 Å². The molecule has 0 saturated heterocycles. The number of nitrogens with one attached hydrogen (secondary N) is 1. The van der Waals surface area contributed by atoms with Crippen molar-refractivity contribution >= 4 is 45.2 Å². The summed E-state index contributed by atoms with van der Waals surface area (Å²) in [4.78, 5) is 51.5. The number of anilines is 2. The van der Waals surface area contributed by atoms with Crippen molar-refractivity contribution in [3.63, 3.8) is 0 Å². The minimum Gasteiger partial charge on any atom is -0.481 e. The number of aryl methyl sites for hydroxylation is 1. The minimum absolute atomic E-state index is 0.0975. The topological polar surface area (TPSA) is 191 Å². The van der Waals surface area contributed by atoms with E-state index in [0.717, 1.165) is 17.4 Å². The van der Waals surface area contributed by atoms with Crippen molar-refractivity contribution in [1.29, 1.82) is 0 Å². The molecule has 0 aliphatic carbocycles. The van der Waals surface area contributed by atoms with Gasteiger partial charge in [0.2, 0.25) is 15.9 Å². The second kappa shape index (κ2) is 13.1. The molecule has 13 nitrogen and oxygen atoms in total. The molecule has 0 fully saturated rings. The summed E-state index contributed by atoms with van der Waals surface area (Å²) in [7, 11) is -1.79. The maximum Gasteiger partial charge on any atom is 0.336 e. The fourth-order valence-corrected chi connectivity index (χ4v) is 4.98. The van der Waals surface area contributed by atoms with Crippen molar-refractivity contribution in [3.8, 4) is 0 Å². The molecule has 4 N–H and O–H groups in total. The van der Waals surface area contributed by atoms with Crippen molar-refractivity contribution < 1.29 is 47.7 Å². The summed E-state index contributed by atoms with van der Waals surface area (Å²) in [5, 5.41) is 28.7. The Balaban J connectivity index is 1.79. The fourth-order valence-electron chi connectivity index (χ4n) is 4.42. The number of carboxylic acid groups (broad SMARTS) is 2. The first kappa shape index (κ1) is 31.5. The molecular formula is C27H33N3O10S. The summed E-state index contributed by atoms with van der Waals surface area (Å²) in [5.41, 5.74) is -0.0566. The van der Waals surface area contributed by atoms with Crippen molar-refractivity contribution in [2.75, 3.05) is 36.0 Å². The Hall–Kier alpha value is -4.01. The highest BCUT2D eigenvalue weighted by molar-refractivity contribution is 7.92. The van der Waals surface area contributed by atoms with Gasteiger partial charge < -0.3 is 25.0 Å². The van der Waals surface area contributed by atoms with Crippen LogP contribution in [0.3, 0.4) is 0 Å². The number of para-hydroxylation sites is 1. The zero-order valence-electron chi connectivity index (χ0n) is 22.6. The molecule has 1 aliphatic rings. The van der Waals surface area contributed by atoms with E-state index in [-0.39, 0.29) is 18.9 Å². The second-order valence-corrected chi connectivity index (χ2v) is 11.7. The number of hydrogen-bond acceptors (Lipinski definition) is 9.